The van der Waals surface area contributed by atoms with Crippen molar-refractivity contribution >= 4 is 43.3 Å². The molecule has 1 amide bonds. The minimum absolute atomic E-state index is 0.245. The third-order valence-electron chi connectivity index (χ3n) is 4.40. The van der Waals surface area contributed by atoms with E-state index in [-0.39, 0.29) is 5.69 Å². The van der Waals surface area contributed by atoms with Crippen LogP contribution in [0, 0.1) is 5.92 Å². The molecule has 25 heavy (non-hydrogen) atoms. The number of nitrogens with two attached hydrogens (primary N) is 1. The molecule has 1 saturated heterocycles. The number of nitrogens with zero attached hydrogens (tertiary/aromatic N) is 2. The highest BCUT2D eigenvalue weighted by Crippen LogP contribution is 2.37. The number of fused-ring (bicyclic) bond motifs is 1. The van der Waals surface area contributed by atoms with Crippen LogP contribution in [0.5, 0.6) is 0 Å². The number of hydrogen-bond donors (Lipinski definition) is 1. The smallest absolute Gasteiger partial charge is 0.270 e. The van der Waals surface area contributed by atoms with E-state index >= 15 is 0 Å². The molecule has 1 aromatic carbocycles. The van der Waals surface area contributed by atoms with Gasteiger partial charge in [0.15, 0.2) is 5.69 Å². The molecule has 0 bridgehead atoms. The fourth-order valence-electron chi connectivity index (χ4n) is 3.08. The highest BCUT2D eigenvalue weighted by atomic mass is 79.9. The molecule has 3 aromatic rings. The van der Waals surface area contributed by atoms with E-state index < -0.39 is 5.91 Å². The first kappa shape index (κ1) is 16.6. The van der Waals surface area contributed by atoms with Crippen molar-refractivity contribution in [1.82, 2.24) is 10.2 Å². The zero-order chi connectivity index (χ0) is 17.4. The summed E-state index contributed by atoms with van der Waals surface area (Å²) in [6.07, 6.45) is 1.84. The van der Waals surface area contributed by atoms with E-state index in [2.05, 4.69) is 32.2 Å². The topological polar surface area (TPSA) is 78.1 Å². The Morgan fingerprint density at radius 1 is 1.32 bits per heavy atom. The third-order valence-corrected chi connectivity index (χ3v) is 6.12. The fraction of sp³-hybridized carbons (Fsp3) is 0.278. The highest BCUT2D eigenvalue weighted by Gasteiger charge is 2.22. The molecule has 0 spiro atoms. The van der Waals surface area contributed by atoms with Gasteiger partial charge in [-0.1, -0.05) is 28.1 Å². The third kappa shape index (κ3) is 3.31. The Morgan fingerprint density at radius 2 is 2.12 bits per heavy atom. The van der Waals surface area contributed by atoms with Crippen LogP contribution in [-0.4, -0.2) is 29.3 Å². The summed E-state index contributed by atoms with van der Waals surface area (Å²) in [5.41, 5.74) is 7.75. The van der Waals surface area contributed by atoms with Crippen LogP contribution < -0.4 is 5.73 Å². The molecule has 7 heteroatoms. The number of aromatic nitrogens is 2. The van der Waals surface area contributed by atoms with Gasteiger partial charge in [0, 0.05) is 27.9 Å². The molecule has 4 rings (SSSR count). The molecule has 1 atom stereocenters. The lowest BCUT2D eigenvalue weighted by Gasteiger charge is -2.08. The van der Waals surface area contributed by atoms with Crippen molar-refractivity contribution in [3.8, 4) is 10.4 Å². The van der Waals surface area contributed by atoms with Crippen LogP contribution in [0.2, 0.25) is 0 Å². The molecule has 2 aromatic heterocycles. The molecule has 2 N–H and O–H groups in total. The molecule has 1 fully saturated rings. The van der Waals surface area contributed by atoms with Gasteiger partial charge in [0.2, 0.25) is 0 Å². The van der Waals surface area contributed by atoms with E-state index in [1.54, 1.807) is 0 Å². The van der Waals surface area contributed by atoms with Crippen LogP contribution in [-0.2, 0) is 11.2 Å². The van der Waals surface area contributed by atoms with Gasteiger partial charge in [0.1, 0.15) is 0 Å². The van der Waals surface area contributed by atoms with Gasteiger partial charge in [-0.05, 0) is 42.5 Å². The Hall–Kier alpha value is -1.83. The Labute approximate surface area is 157 Å². The second-order valence-electron chi connectivity index (χ2n) is 6.15. The first-order valence-corrected chi connectivity index (χ1v) is 9.65. The van der Waals surface area contributed by atoms with Crippen molar-refractivity contribution in [2.45, 2.75) is 12.8 Å². The first-order chi connectivity index (χ1) is 12.1. The molecule has 3 heterocycles. The maximum absolute atomic E-state index is 11.8. The quantitative estimate of drug-likeness (QED) is 0.699. The number of carbonyl (C=O) groups is 1. The van der Waals surface area contributed by atoms with E-state index in [1.165, 1.54) is 11.3 Å². The highest BCUT2D eigenvalue weighted by molar-refractivity contribution is 9.10. The van der Waals surface area contributed by atoms with Crippen molar-refractivity contribution < 1.29 is 9.53 Å². The van der Waals surface area contributed by atoms with Crippen LogP contribution in [0.15, 0.2) is 34.8 Å². The largest absolute Gasteiger partial charge is 0.381 e. The number of hydrogen-bond acceptors (Lipinski definition) is 5. The lowest BCUT2D eigenvalue weighted by atomic mass is 10.0. The van der Waals surface area contributed by atoms with Gasteiger partial charge in [-0.3, -0.25) is 4.79 Å². The number of primary amides is 1. The van der Waals surface area contributed by atoms with Gasteiger partial charge >= 0.3 is 0 Å². The van der Waals surface area contributed by atoms with E-state index in [4.69, 9.17) is 10.5 Å². The molecule has 0 saturated carbocycles. The molecule has 1 aliphatic rings. The van der Waals surface area contributed by atoms with E-state index in [0.29, 0.717) is 5.92 Å². The van der Waals surface area contributed by atoms with Gasteiger partial charge in [-0.25, -0.2) is 0 Å². The number of rotatable bonds is 4. The SMILES string of the molecule is NC(=O)c1nnc(CC2CCOC2)c2cc(-c3ccc(Br)cc3)sc12. The second-order valence-corrected chi connectivity index (χ2v) is 8.12. The Bertz CT molecular complexity index is 933. The molecule has 0 radical (unpaired) electrons. The molecule has 5 nitrogen and oxygen atoms in total. The van der Waals surface area contributed by atoms with Crippen molar-refractivity contribution in [3.05, 3.63) is 46.2 Å². The summed E-state index contributed by atoms with van der Waals surface area (Å²) in [5, 5.41) is 9.38. The molecule has 128 valence electrons. The van der Waals surface area contributed by atoms with Gasteiger partial charge in [-0.2, -0.15) is 5.10 Å². The number of benzene rings is 1. The van der Waals surface area contributed by atoms with Gasteiger partial charge in [0.05, 0.1) is 10.4 Å². The first-order valence-electron chi connectivity index (χ1n) is 8.04. The van der Waals surface area contributed by atoms with Crippen LogP contribution in [0.3, 0.4) is 0 Å². The Balaban J connectivity index is 1.82. The summed E-state index contributed by atoms with van der Waals surface area (Å²) in [7, 11) is 0. The number of thiophene rings is 1. The number of halogens is 1. The van der Waals surface area contributed by atoms with Crippen molar-refractivity contribution in [3.63, 3.8) is 0 Å². The van der Waals surface area contributed by atoms with Crippen LogP contribution in [0.1, 0.15) is 22.6 Å². The summed E-state index contributed by atoms with van der Waals surface area (Å²) in [6.45, 7) is 1.55. The summed E-state index contributed by atoms with van der Waals surface area (Å²) < 4.78 is 7.31. The number of ether oxygens (including phenoxy) is 1. The average molecular weight is 418 g/mol. The zero-order valence-corrected chi connectivity index (χ0v) is 15.8. The van der Waals surface area contributed by atoms with Crippen molar-refractivity contribution in [1.29, 1.82) is 0 Å². The molecular formula is C18H16BrN3O2S. The van der Waals surface area contributed by atoms with Crippen molar-refractivity contribution in [2.75, 3.05) is 13.2 Å². The maximum atomic E-state index is 11.8. The minimum Gasteiger partial charge on any atom is -0.381 e. The van der Waals surface area contributed by atoms with Crippen LogP contribution in [0.4, 0.5) is 0 Å². The summed E-state index contributed by atoms with van der Waals surface area (Å²) in [4.78, 5) is 12.8. The van der Waals surface area contributed by atoms with E-state index in [1.807, 2.05) is 24.3 Å². The standard InChI is InChI=1S/C18H16BrN3O2S/c19-12-3-1-11(2-4-12)15-8-13-14(7-10-5-6-24-9-10)21-22-16(18(20)23)17(13)25-15/h1-4,8,10H,5-7,9H2,(H2,20,23). The average Bonchev–Trinajstić information content (AvgIpc) is 3.25. The normalized spacial score (nSPS) is 17.2. The van der Waals surface area contributed by atoms with E-state index in [0.717, 1.165) is 56.7 Å². The second kappa shape index (κ2) is 6.82. The predicted molar refractivity (Wildman–Crippen MR) is 102 cm³/mol. The molecular weight excluding hydrogens is 402 g/mol. The molecule has 0 aliphatic carbocycles. The van der Waals surface area contributed by atoms with Crippen LogP contribution >= 0.6 is 27.3 Å². The summed E-state index contributed by atoms with van der Waals surface area (Å²) in [5.74, 6) is -0.0922. The zero-order valence-electron chi connectivity index (χ0n) is 13.4. The minimum atomic E-state index is -0.544. The van der Waals surface area contributed by atoms with Gasteiger partial charge < -0.3 is 10.5 Å². The van der Waals surface area contributed by atoms with E-state index in [9.17, 15) is 4.79 Å². The summed E-state index contributed by atoms with van der Waals surface area (Å²) in [6, 6.07) is 10.2. The number of amides is 1. The maximum Gasteiger partial charge on any atom is 0.270 e. The summed E-state index contributed by atoms with van der Waals surface area (Å²) >= 11 is 4.99. The lowest BCUT2D eigenvalue weighted by molar-refractivity contribution is 0.0996. The lowest BCUT2D eigenvalue weighted by Crippen LogP contribution is -2.15. The Kier molecular flexibility index (Phi) is 4.54. The monoisotopic (exact) mass is 417 g/mol. The fourth-order valence-corrected chi connectivity index (χ4v) is 4.52. The van der Waals surface area contributed by atoms with Gasteiger partial charge in [0.25, 0.3) is 5.91 Å². The van der Waals surface area contributed by atoms with Crippen LogP contribution in [0.25, 0.3) is 20.5 Å². The van der Waals surface area contributed by atoms with Crippen molar-refractivity contribution in [2.24, 2.45) is 11.7 Å². The molecule has 1 aliphatic heterocycles. The number of carbonyl (C=O) groups excluding carboxylic acids is 1. The molecule has 1 unspecified atom stereocenters. The Morgan fingerprint density at radius 3 is 2.80 bits per heavy atom. The van der Waals surface area contributed by atoms with Gasteiger partial charge in [-0.15, -0.1) is 16.4 Å². The predicted octanol–water partition coefficient (Wildman–Crippen LogP) is 3.80.